The minimum absolute atomic E-state index is 0. The number of ketones is 2. The summed E-state index contributed by atoms with van der Waals surface area (Å²) in [4.78, 5) is 19.2. The minimum Gasteiger partial charge on any atom is -0.300 e. The van der Waals surface area contributed by atoms with Gasteiger partial charge >= 0.3 is 0 Å². The molecule has 0 spiro atoms. The molecule has 0 amide bonds. The molecule has 0 atom stereocenters. The third kappa shape index (κ3) is 110. The lowest BCUT2D eigenvalue weighted by atomic mass is 10.5. The highest BCUT2D eigenvalue weighted by atomic mass is 79.9. The highest BCUT2D eigenvalue weighted by molar-refractivity contribution is 9.09. The number of alkyl halides is 1. The molecule has 0 fully saturated rings. The van der Waals surface area contributed by atoms with E-state index in [1.807, 2.05) is 0 Å². The van der Waals surface area contributed by atoms with E-state index in [1.54, 1.807) is 0 Å². The molecular weight excluding hydrogens is 196 g/mol. The molecule has 0 aliphatic heterocycles. The number of Topliss-reactive ketones (excluding diaryl/α,β-unsaturated/α-hetero) is 2. The molecule has 0 aromatic heterocycles. The SMILES string of the molecule is C.CC(=O)CBr.CC(C)=O. The predicted molar refractivity (Wildman–Crippen MR) is 47.6 cm³/mol. The summed E-state index contributed by atoms with van der Waals surface area (Å²) in [6.07, 6.45) is 0. The van der Waals surface area contributed by atoms with Gasteiger partial charge in [0.15, 0.2) is 0 Å². The van der Waals surface area contributed by atoms with Crippen LogP contribution in [0.1, 0.15) is 28.2 Å². The van der Waals surface area contributed by atoms with E-state index >= 15 is 0 Å². The molecular formula is C7H15BrO2. The Balaban J connectivity index is -0.0000000910. The Morgan fingerprint density at radius 3 is 1.30 bits per heavy atom. The average molecular weight is 211 g/mol. The maximum absolute atomic E-state index is 9.77. The Morgan fingerprint density at radius 1 is 1.20 bits per heavy atom. The van der Waals surface area contributed by atoms with Crippen molar-refractivity contribution in [3.8, 4) is 0 Å². The van der Waals surface area contributed by atoms with Crippen LogP contribution in [0.15, 0.2) is 0 Å². The van der Waals surface area contributed by atoms with E-state index in [0.717, 1.165) is 0 Å². The lowest BCUT2D eigenvalue weighted by molar-refractivity contribution is -0.115. The number of hydrogen-bond donors (Lipinski definition) is 0. The Morgan fingerprint density at radius 2 is 1.30 bits per heavy atom. The summed E-state index contributed by atoms with van der Waals surface area (Å²) in [7, 11) is 0. The first-order chi connectivity index (χ1) is 4.00. The number of hydrogen-bond acceptors (Lipinski definition) is 2. The first-order valence-electron chi connectivity index (χ1n) is 2.53. The second-order valence-electron chi connectivity index (χ2n) is 1.74. The molecule has 0 heterocycles. The summed E-state index contributed by atoms with van der Waals surface area (Å²) in [6.45, 7) is 4.59. The van der Waals surface area contributed by atoms with Gasteiger partial charge < -0.3 is 4.79 Å². The van der Waals surface area contributed by atoms with Crippen LogP contribution in [0.2, 0.25) is 0 Å². The van der Waals surface area contributed by atoms with E-state index in [0.29, 0.717) is 5.33 Å². The van der Waals surface area contributed by atoms with Crippen molar-refractivity contribution in [1.82, 2.24) is 0 Å². The van der Waals surface area contributed by atoms with Crippen molar-refractivity contribution in [1.29, 1.82) is 0 Å². The van der Waals surface area contributed by atoms with Gasteiger partial charge in [0.05, 0.1) is 5.33 Å². The van der Waals surface area contributed by atoms with Crippen LogP contribution >= 0.6 is 15.9 Å². The van der Waals surface area contributed by atoms with Crippen molar-refractivity contribution in [3.05, 3.63) is 0 Å². The van der Waals surface area contributed by atoms with Crippen molar-refractivity contribution in [2.45, 2.75) is 28.2 Å². The molecule has 0 unspecified atom stereocenters. The highest BCUT2D eigenvalue weighted by Crippen LogP contribution is 1.76. The van der Waals surface area contributed by atoms with Crippen molar-refractivity contribution >= 4 is 27.5 Å². The molecule has 0 rings (SSSR count). The van der Waals surface area contributed by atoms with Gasteiger partial charge in [-0.1, -0.05) is 23.4 Å². The van der Waals surface area contributed by atoms with E-state index in [2.05, 4.69) is 15.9 Å². The van der Waals surface area contributed by atoms with Gasteiger partial charge in [-0.3, -0.25) is 4.79 Å². The van der Waals surface area contributed by atoms with Crippen molar-refractivity contribution < 1.29 is 9.59 Å². The van der Waals surface area contributed by atoms with E-state index in [-0.39, 0.29) is 19.0 Å². The third-order valence-corrected chi connectivity index (χ3v) is 0.978. The van der Waals surface area contributed by atoms with Crippen LogP contribution in [0.25, 0.3) is 0 Å². The Kier molecular flexibility index (Phi) is 19.0. The lowest BCUT2D eigenvalue weighted by Gasteiger charge is -1.69. The second-order valence-corrected chi connectivity index (χ2v) is 2.30. The smallest absolute Gasteiger partial charge is 0.140 e. The molecule has 0 bridgehead atoms. The molecule has 0 radical (unpaired) electrons. The zero-order valence-corrected chi connectivity index (χ0v) is 7.49. The van der Waals surface area contributed by atoms with Gasteiger partial charge in [0.1, 0.15) is 11.6 Å². The van der Waals surface area contributed by atoms with Gasteiger partial charge in [-0.15, -0.1) is 0 Å². The first kappa shape index (κ1) is 16.4. The van der Waals surface area contributed by atoms with Gasteiger partial charge in [0.25, 0.3) is 0 Å². The zero-order chi connectivity index (χ0) is 7.86. The number of carbonyl (C=O) groups is 2. The predicted octanol–water partition coefficient (Wildman–Crippen LogP) is 2.20. The average Bonchev–Trinajstić information content (AvgIpc) is 1.65. The summed E-state index contributed by atoms with van der Waals surface area (Å²) >= 11 is 2.96. The van der Waals surface area contributed by atoms with Gasteiger partial charge in [0.2, 0.25) is 0 Å². The molecule has 0 aromatic rings. The van der Waals surface area contributed by atoms with Crippen LogP contribution in [0, 0.1) is 0 Å². The standard InChI is InChI=1S/C3H5BrO.C3H6O.CH4/c1-3(5)2-4;1-3(2)4;/h2H2,1H3;1-2H3;1H4. The molecule has 2 nitrogen and oxygen atoms in total. The van der Waals surface area contributed by atoms with E-state index in [1.165, 1.54) is 20.8 Å². The maximum Gasteiger partial charge on any atom is 0.140 e. The topological polar surface area (TPSA) is 34.1 Å². The van der Waals surface area contributed by atoms with Crippen LogP contribution in [-0.4, -0.2) is 16.9 Å². The Labute approximate surface area is 71.1 Å². The zero-order valence-electron chi connectivity index (χ0n) is 5.90. The largest absolute Gasteiger partial charge is 0.300 e. The van der Waals surface area contributed by atoms with Gasteiger partial charge in [-0.25, -0.2) is 0 Å². The van der Waals surface area contributed by atoms with Crippen molar-refractivity contribution in [3.63, 3.8) is 0 Å². The second kappa shape index (κ2) is 11.6. The fourth-order valence-corrected chi connectivity index (χ4v) is 0. The highest BCUT2D eigenvalue weighted by Gasteiger charge is 1.78. The lowest BCUT2D eigenvalue weighted by Crippen LogP contribution is -1.85. The molecule has 0 aliphatic rings. The van der Waals surface area contributed by atoms with Gasteiger partial charge in [-0.05, 0) is 20.8 Å². The van der Waals surface area contributed by atoms with Gasteiger partial charge in [0, 0.05) is 0 Å². The molecule has 0 aromatic carbocycles. The van der Waals surface area contributed by atoms with Crippen LogP contribution in [0.4, 0.5) is 0 Å². The summed E-state index contributed by atoms with van der Waals surface area (Å²) in [5.41, 5.74) is 0. The Hall–Kier alpha value is -0.180. The summed E-state index contributed by atoms with van der Waals surface area (Å²) in [6, 6.07) is 0. The van der Waals surface area contributed by atoms with Crippen LogP contribution in [0.5, 0.6) is 0 Å². The van der Waals surface area contributed by atoms with Crippen LogP contribution in [-0.2, 0) is 9.59 Å². The summed E-state index contributed by atoms with van der Waals surface area (Å²) in [5.74, 6) is 0.338. The summed E-state index contributed by atoms with van der Waals surface area (Å²) < 4.78 is 0. The Bertz CT molecular complexity index is 95.8. The third-order valence-electron chi connectivity index (χ3n) is 0.188. The van der Waals surface area contributed by atoms with Crippen molar-refractivity contribution in [2.24, 2.45) is 0 Å². The quantitative estimate of drug-likeness (QED) is 0.623. The minimum atomic E-state index is 0. The summed E-state index contributed by atoms with van der Waals surface area (Å²) in [5, 5.41) is 0.479. The fraction of sp³-hybridized carbons (Fsp3) is 0.714. The molecule has 0 saturated carbocycles. The van der Waals surface area contributed by atoms with Crippen LogP contribution < -0.4 is 0 Å². The maximum atomic E-state index is 9.77. The number of halogens is 1. The van der Waals surface area contributed by atoms with E-state index in [4.69, 9.17) is 0 Å². The molecule has 10 heavy (non-hydrogen) atoms. The molecule has 0 N–H and O–H groups in total. The van der Waals surface area contributed by atoms with E-state index in [9.17, 15) is 9.59 Å². The molecule has 0 aliphatic carbocycles. The van der Waals surface area contributed by atoms with Gasteiger partial charge in [-0.2, -0.15) is 0 Å². The number of carbonyl (C=O) groups excluding carboxylic acids is 2. The molecule has 62 valence electrons. The molecule has 3 heteroatoms. The van der Waals surface area contributed by atoms with Crippen molar-refractivity contribution in [2.75, 3.05) is 5.33 Å². The first-order valence-corrected chi connectivity index (χ1v) is 3.65. The van der Waals surface area contributed by atoms with Crippen LogP contribution in [0.3, 0.4) is 0 Å². The monoisotopic (exact) mass is 210 g/mol. The van der Waals surface area contributed by atoms with E-state index < -0.39 is 0 Å². The fourth-order valence-electron chi connectivity index (χ4n) is 0. The number of rotatable bonds is 1. The normalized spacial score (nSPS) is 6.40. The molecule has 0 saturated heterocycles.